The fourth-order valence-electron chi connectivity index (χ4n) is 2.34. The van der Waals surface area contributed by atoms with E-state index >= 15 is 0 Å². The largest absolute Gasteiger partial charge is 0.461 e. The minimum Gasteiger partial charge on any atom is -0.461 e. The summed E-state index contributed by atoms with van der Waals surface area (Å²) in [5, 5.41) is 4.29. The molecule has 25 heavy (non-hydrogen) atoms. The molecule has 0 bridgehead atoms. The molecule has 0 aliphatic rings. The zero-order chi connectivity index (χ0) is 18.6. The van der Waals surface area contributed by atoms with E-state index in [1.807, 2.05) is 19.9 Å². The quantitative estimate of drug-likeness (QED) is 0.700. The molecule has 0 aliphatic heterocycles. The Hall–Kier alpha value is -2.19. The van der Waals surface area contributed by atoms with Crippen LogP contribution in [0, 0.1) is 13.8 Å². The Morgan fingerprint density at radius 1 is 1.24 bits per heavy atom. The fourth-order valence-corrected chi connectivity index (χ4v) is 3.31. The normalized spacial score (nSPS) is 11.7. The molecule has 0 aliphatic carbocycles. The molecule has 8 heteroatoms. The van der Waals surface area contributed by atoms with E-state index in [0.717, 1.165) is 15.7 Å². The second-order valence-corrected chi connectivity index (χ2v) is 8.15. The number of sulfonamides is 1. The number of carbonyl (C=O) groups is 1. The summed E-state index contributed by atoms with van der Waals surface area (Å²) in [4.78, 5) is 12.1. The molecular weight excluding hydrogens is 342 g/mol. The first-order valence-corrected chi connectivity index (χ1v) is 9.32. The zero-order valence-corrected chi connectivity index (χ0v) is 15.7. The summed E-state index contributed by atoms with van der Waals surface area (Å²) in [6.45, 7) is 4.32. The highest BCUT2D eigenvalue weighted by Crippen LogP contribution is 2.15. The molecule has 0 atom stereocenters. The second kappa shape index (κ2) is 7.79. The van der Waals surface area contributed by atoms with Gasteiger partial charge in [0, 0.05) is 19.8 Å². The average molecular weight is 365 g/mol. The van der Waals surface area contributed by atoms with Crippen LogP contribution < -0.4 is 0 Å². The molecule has 136 valence electrons. The highest BCUT2D eigenvalue weighted by atomic mass is 32.2. The summed E-state index contributed by atoms with van der Waals surface area (Å²) in [5.41, 5.74) is 2.53. The van der Waals surface area contributed by atoms with Gasteiger partial charge in [0.2, 0.25) is 10.0 Å². The SMILES string of the molecule is Cc1cc(C)n(CCC(=O)OCc2cccc(S(=O)(=O)N(C)C)c2)n1. The number of hydrogen-bond acceptors (Lipinski definition) is 5. The third kappa shape index (κ3) is 4.90. The summed E-state index contributed by atoms with van der Waals surface area (Å²) < 4.78 is 32.4. The smallest absolute Gasteiger partial charge is 0.308 e. The molecule has 0 saturated heterocycles. The lowest BCUT2D eigenvalue weighted by Crippen LogP contribution is -2.22. The van der Waals surface area contributed by atoms with Crippen LogP contribution >= 0.6 is 0 Å². The van der Waals surface area contributed by atoms with E-state index in [-0.39, 0.29) is 23.9 Å². The van der Waals surface area contributed by atoms with Gasteiger partial charge in [0.15, 0.2) is 0 Å². The average Bonchev–Trinajstić information content (AvgIpc) is 2.88. The van der Waals surface area contributed by atoms with E-state index in [0.29, 0.717) is 12.1 Å². The van der Waals surface area contributed by atoms with E-state index in [1.165, 1.54) is 26.2 Å². The Morgan fingerprint density at radius 2 is 1.96 bits per heavy atom. The Morgan fingerprint density at radius 3 is 2.56 bits per heavy atom. The lowest BCUT2D eigenvalue weighted by Gasteiger charge is -2.12. The van der Waals surface area contributed by atoms with Gasteiger partial charge in [-0.3, -0.25) is 9.48 Å². The number of esters is 1. The summed E-state index contributed by atoms with van der Waals surface area (Å²) in [6.07, 6.45) is 0.206. The maximum Gasteiger partial charge on any atom is 0.308 e. The molecule has 0 amide bonds. The highest BCUT2D eigenvalue weighted by Gasteiger charge is 2.17. The molecule has 2 aromatic rings. The predicted octanol–water partition coefficient (Wildman–Crippen LogP) is 1.88. The molecule has 0 fully saturated rings. The summed E-state index contributed by atoms with van der Waals surface area (Å²) >= 11 is 0. The number of ether oxygens (including phenoxy) is 1. The van der Waals surface area contributed by atoms with E-state index in [1.54, 1.807) is 16.8 Å². The van der Waals surface area contributed by atoms with Crippen molar-refractivity contribution in [1.29, 1.82) is 0 Å². The van der Waals surface area contributed by atoms with Crippen LogP contribution in [0.2, 0.25) is 0 Å². The van der Waals surface area contributed by atoms with Gasteiger partial charge in [-0.2, -0.15) is 5.10 Å². The van der Waals surface area contributed by atoms with E-state index < -0.39 is 10.0 Å². The van der Waals surface area contributed by atoms with Crippen LogP contribution in [-0.2, 0) is 32.7 Å². The predicted molar refractivity (Wildman–Crippen MR) is 93.4 cm³/mol. The lowest BCUT2D eigenvalue weighted by molar-refractivity contribution is -0.145. The van der Waals surface area contributed by atoms with E-state index in [4.69, 9.17) is 4.74 Å². The molecule has 1 heterocycles. The van der Waals surface area contributed by atoms with Crippen molar-refractivity contribution in [2.24, 2.45) is 0 Å². The highest BCUT2D eigenvalue weighted by molar-refractivity contribution is 7.89. The molecule has 1 aromatic carbocycles. The minimum absolute atomic E-state index is 0.0345. The van der Waals surface area contributed by atoms with Gasteiger partial charge >= 0.3 is 5.97 Å². The maximum absolute atomic E-state index is 12.1. The number of benzene rings is 1. The number of aryl methyl sites for hydroxylation is 3. The molecule has 7 nitrogen and oxygen atoms in total. The van der Waals surface area contributed by atoms with Crippen LogP contribution in [0.1, 0.15) is 23.4 Å². The van der Waals surface area contributed by atoms with Crippen molar-refractivity contribution in [3.05, 3.63) is 47.3 Å². The van der Waals surface area contributed by atoms with E-state index in [2.05, 4.69) is 5.10 Å². The fraction of sp³-hybridized carbons (Fsp3) is 0.412. The maximum atomic E-state index is 12.1. The Kier molecular flexibility index (Phi) is 5.97. The van der Waals surface area contributed by atoms with Crippen LogP contribution in [0.15, 0.2) is 35.2 Å². The summed E-state index contributed by atoms with van der Waals surface area (Å²) in [7, 11) is -0.559. The van der Waals surface area contributed by atoms with Gasteiger partial charge in [-0.05, 0) is 37.6 Å². The van der Waals surface area contributed by atoms with Gasteiger partial charge < -0.3 is 4.74 Å². The standard InChI is InChI=1S/C17H23N3O4S/c1-13-10-14(2)20(18-13)9-8-17(21)24-12-15-6-5-7-16(11-15)25(22,23)19(3)4/h5-7,10-11H,8-9,12H2,1-4H3. The first-order valence-electron chi connectivity index (χ1n) is 7.88. The monoisotopic (exact) mass is 365 g/mol. The van der Waals surface area contributed by atoms with E-state index in [9.17, 15) is 13.2 Å². The second-order valence-electron chi connectivity index (χ2n) is 6.00. The van der Waals surface area contributed by atoms with Crippen molar-refractivity contribution < 1.29 is 17.9 Å². The third-order valence-corrected chi connectivity index (χ3v) is 5.52. The molecule has 0 spiro atoms. The number of carbonyl (C=O) groups excluding carboxylic acids is 1. The molecule has 0 saturated carbocycles. The zero-order valence-electron chi connectivity index (χ0n) is 14.9. The molecule has 2 rings (SSSR count). The van der Waals surface area contributed by atoms with Crippen LogP contribution in [0.3, 0.4) is 0 Å². The van der Waals surface area contributed by atoms with Crippen molar-refractivity contribution in [1.82, 2.24) is 14.1 Å². The van der Waals surface area contributed by atoms with Crippen LogP contribution in [0.5, 0.6) is 0 Å². The molecule has 0 N–H and O–H groups in total. The van der Waals surface area contributed by atoms with Crippen molar-refractivity contribution >= 4 is 16.0 Å². The van der Waals surface area contributed by atoms with Crippen LogP contribution in [0.25, 0.3) is 0 Å². The molecule has 0 unspecified atom stereocenters. The molecular formula is C17H23N3O4S. The van der Waals surface area contributed by atoms with Gasteiger partial charge in [0.25, 0.3) is 0 Å². The lowest BCUT2D eigenvalue weighted by atomic mass is 10.2. The topological polar surface area (TPSA) is 81.5 Å². The van der Waals surface area contributed by atoms with Crippen molar-refractivity contribution in [2.75, 3.05) is 14.1 Å². The summed E-state index contributed by atoms with van der Waals surface area (Å²) in [5.74, 6) is -0.353. The molecule has 1 aromatic heterocycles. The Bertz CT molecular complexity index is 857. The first-order chi connectivity index (χ1) is 11.7. The Labute approximate surface area is 148 Å². The van der Waals surface area contributed by atoms with Gasteiger partial charge in [-0.1, -0.05) is 12.1 Å². The van der Waals surface area contributed by atoms with Gasteiger partial charge in [0.05, 0.1) is 23.6 Å². The van der Waals surface area contributed by atoms with Crippen LogP contribution in [-0.4, -0.2) is 42.6 Å². The number of hydrogen-bond donors (Lipinski definition) is 0. The number of nitrogens with zero attached hydrogens (tertiary/aromatic N) is 3. The van der Waals surface area contributed by atoms with Gasteiger partial charge in [-0.25, -0.2) is 12.7 Å². The van der Waals surface area contributed by atoms with Gasteiger partial charge in [-0.15, -0.1) is 0 Å². The third-order valence-electron chi connectivity index (χ3n) is 3.71. The van der Waals surface area contributed by atoms with Crippen LogP contribution in [0.4, 0.5) is 0 Å². The van der Waals surface area contributed by atoms with Gasteiger partial charge in [0.1, 0.15) is 6.61 Å². The number of aromatic nitrogens is 2. The minimum atomic E-state index is -3.51. The van der Waals surface area contributed by atoms with Crippen molar-refractivity contribution in [3.63, 3.8) is 0 Å². The summed E-state index contributed by atoms with van der Waals surface area (Å²) in [6, 6.07) is 8.34. The first kappa shape index (κ1) is 19.1. The van der Waals surface area contributed by atoms with Crippen molar-refractivity contribution in [2.45, 2.75) is 38.3 Å². The number of rotatable bonds is 7. The molecule has 0 radical (unpaired) electrons. The Balaban J connectivity index is 1.93. The van der Waals surface area contributed by atoms with Crippen molar-refractivity contribution in [3.8, 4) is 0 Å².